The molecule has 0 aromatic heterocycles. The van der Waals surface area contributed by atoms with Gasteiger partial charge in [0.15, 0.2) is 0 Å². The Kier molecular flexibility index (Phi) is 6.55. The molecule has 0 saturated carbocycles. The molecule has 2 aromatic rings. The average molecular weight is 436 g/mol. The van der Waals surface area contributed by atoms with E-state index in [1.54, 1.807) is 31.2 Å². The van der Waals surface area contributed by atoms with E-state index in [1.807, 2.05) is 30.0 Å². The minimum Gasteiger partial charge on any atom is -0.474 e. The maximum absolute atomic E-state index is 12.7. The van der Waals surface area contributed by atoms with Gasteiger partial charge in [-0.05, 0) is 43.7 Å². The van der Waals surface area contributed by atoms with Gasteiger partial charge in [0.2, 0.25) is 11.5 Å². The smallest absolute Gasteiger partial charge is 0.265 e. The molecule has 0 saturated heterocycles. The summed E-state index contributed by atoms with van der Waals surface area (Å²) in [6.45, 7) is 4.56. The van der Waals surface area contributed by atoms with Crippen LogP contribution in [0.15, 0.2) is 42.5 Å². The van der Waals surface area contributed by atoms with Gasteiger partial charge in [0.25, 0.3) is 5.91 Å². The number of amides is 2. The van der Waals surface area contributed by atoms with Gasteiger partial charge in [-0.15, -0.1) is 0 Å². The Bertz CT molecular complexity index is 902. The maximum Gasteiger partial charge on any atom is 0.265 e. The third-order valence-corrected chi connectivity index (χ3v) is 4.97. The molecule has 8 heteroatoms. The van der Waals surface area contributed by atoms with Crippen LogP contribution in [0, 0.1) is 0 Å². The van der Waals surface area contributed by atoms with Gasteiger partial charge in [-0.25, -0.2) is 0 Å². The molecule has 154 valence electrons. The fraction of sp³-hybridized carbons (Fsp3) is 0.333. The fourth-order valence-electron chi connectivity index (χ4n) is 3.21. The van der Waals surface area contributed by atoms with Crippen LogP contribution in [-0.2, 0) is 9.59 Å². The molecule has 1 atom stereocenters. The number of hydrogen-bond donors (Lipinski definition) is 2. The Balaban J connectivity index is 1.79. The fourth-order valence-corrected chi connectivity index (χ4v) is 3.74. The highest BCUT2D eigenvalue weighted by molar-refractivity contribution is 6.35. The topological polar surface area (TPSA) is 70.7 Å². The SMILES string of the molecule is CCCNC(=O)C1(C)CN(CC(=O)Nc2cc(Cl)cc(Cl)c2)c2ccccc2O1. The standard InChI is InChI=1S/C21H23Cl2N3O3/c1-3-8-24-20(28)21(2)13-26(17-6-4-5-7-18(17)29-21)12-19(27)25-16-10-14(22)9-15(23)11-16/h4-7,9-11H,3,8,12-13H2,1-2H3,(H,24,28)(H,25,27). The lowest BCUT2D eigenvalue weighted by Crippen LogP contribution is -2.59. The molecule has 0 radical (unpaired) electrons. The van der Waals surface area contributed by atoms with E-state index in [1.165, 1.54) is 0 Å². The summed E-state index contributed by atoms with van der Waals surface area (Å²) >= 11 is 12.0. The number of hydrogen-bond acceptors (Lipinski definition) is 4. The largest absolute Gasteiger partial charge is 0.474 e. The van der Waals surface area contributed by atoms with Crippen molar-refractivity contribution >= 4 is 46.4 Å². The van der Waals surface area contributed by atoms with Crippen LogP contribution in [0.25, 0.3) is 0 Å². The van der Waals surface area contributed by atoms with Gasteiger partial charge in [-0.2, -0.15) is 0 Å². The van der Waals surface area contributed by atoms with E-state index in [-0.39, 0.29) is 24.9 Å². The lowest BCUT2D eigenvalue weighted by molar-refractivity contribution is -0.135. The average Bonchev–Trinajstić information content (AvgIpc) is 2.65. The van der Waals surface area contributed by atoms with Crippen molar-refractivity contribution in [3.8, 4) is 5.75 Å². The van der Waals surface area contributed by atoms with E-state index in [0.29, 0.717) is 28.0 Å². The first-order valence-electron chi connectivity index (χ1n) is 9.38. The van der Waals surface area contributed by atoms with Gasteiger partial charge >= 0.3 is 0 Å². The minimum absolute atomic E-state index is 0.0428. The minimum atomic E-state index is -1.11. The van der Waals surface area contributed by atoms with Gasteiger partial charge in [-0.3, -0.25) is 9.59 Å². The van der Waals surface area contributed by atoms with Crippen molar-refractivity contribution in [2.24, 2.45) is 0 Å². The molecule has 29 heavy (non-hydrogen) atoms. The van der Waals surface area contributed by atoms with Crippen molar-refractivity contribution in [3.05, 3.63) is 52.5 Å². The van der Waals surface area contributed by atoms with Crippen LogP contribution in [0.3, 0.4) is 0 Å². The molecule has 1 aliphatic rings. The Labute approximate surface area is 180 Å². The van der Waals surface area contributed by atoms with E-state index in [4.69, 9.17) is 27.9 Å². The summed E-state index contributed by atoms with van der Waals surface area (Å²) in [5.74, 6) is 0.101. The Hall–Kier alpha value is -2.44. The predicted octanol–water partition coefficient (Wildman–Crippen LogP) is 4.12. The van der Waals surface area contributed by atoms with E-state index < -0.39 is 5.60 Å². The van der Waals surface area contributed by atoms with Crippen LogP contribution in [0.1, 0.15) is 20.3 Å². The van der Waals surface area contributed by atoms with Crippen molar-refractivity contribution in [1.82, 2.24) is 5.32 Å². The predicted molar refractivity (Wildman–Crippen MR) is 116 cm³/mol. The number of fused-ring (bicyclic) bond motifs is 1. The van der Waals surface area contributed by atoms with Gasteiger partial charge < -0.3 is 20.3 Å². The number of benzene rings is 2. The normalized spacial score (nSPS) is 17.9. The lowest BCUT2D eigenvalue weighted by Gasteiger charge is -2.41. The number of rotatable bonds is 6. The van der Waals surface area contributed by atoms with Gasteiger partial charge in [0.1, 0.15) is 5.75 Å². The van der Waals surface area contributed by atoms with Crippen LogP contribution in [-0.4, -0.2) is 37.0 Å². The van der Waals surface area contributed by atoms with Crippen molar-refractivity contribution < 1.29 is 14.3 Å². The highest BCUT2D eigenvalue weighted by atomic mass is 35.5. The number of ether oxygens (including phenoxy) is 1. The number of carbonyl (C=O) groups excluding carboxylic acids is 2. The summed E-state index contributed by atoms with van der Waals surface area (Å²) in [4.78, 5) is 27.2. The lowest BCUT2D eigenvalue weighted by atomic mass is 10.0. The Morgan fingerprint density at radius 1 is 1.17 bits per heavy atom. The first-order valence-corrected chi connectivity index (χ1v) is 10.1. The quantitative estimate of drug-likeness (QED) is 0.715. The summed E-state index contributed by atoms with van der Waals surface area (Å²) in [5.41, 5.74) is 0.161. The van der Waals surface area contributed by atoms with E-state index in [2.05, 4.69) is 10.6 Å². The van der Waals surface area contributed by atoms with E-state index in [9.17, 15) is 9.59 Å². The molecule has 0 bridgehead atoms. The summed E-state index contributed by atoms with van der Waals surface area (Å²) < 4.78 is 6.02. The molecule has 1 heterocycles. The van der Waals surface area contributed by atoms with Gasteiger partial charge in [0.05, 0.1) is 18.8 Å². The first-order chi connectivity index (χ1) is 13.8. The second-order valence-corrected chi connectivity index (χ2v) is 7.99. The maximum atomic E-state index is 12.7. The van der Waals surface area contributed by atoms with E-state index >= 15 is 0 Å². The molecule has 6 nitrogen and oxygen atoms in total. The number of para-hydroxylation sites is 2. The summed E-state index contributed by atoms with van der Waals surface area (Å²) in [5, 5.41) is 6.55. The van der Waals surface area contributed by atoms with Gasteiger partial charge in [0, 0.05) is 22.3 Å². The number of nitrogens with zero attached hydrogens (tertiary/aromatic N) is 1. The molecule has 0 spiro atoms. The van der Waals surface area contributed by atoms with Crippen molar-refractivity contribution in [1.29, 1.82) is 0 Å². The summed E-state index contributed by atoms with van der Waals surface area (Å²) in [6, 6.07) is 12.2. The highest BCUT2D eigenvalue weighted by Crippen LogP contribution is 2.37. The van der Waals surface area contributed by atoms with E-state index in [0.717, 1.165) is 12.1 Å². The van der Waals surface area contributed by atoms with Crippen LogP contribution < -0.4 is 20.3 Å². The van der Waals surface area contributed by atoms with Gasteiger partial charge in [-0.1, -0.05) is 42.3 Å². The Morgan fingerprint density at radius 2 is 1.86 bits per heavy atom. The molecule has 0 fully saturated rings. The van der Waals surface area contributed by atoms with Crippen molar-refractivity contribution in [3.63, 3.8) is 0 Å². The third kappa shape index (κ3) is 5.14. The zero-order valence-corrected chi connectivity index (χ0v) is 17.8. The second kappa shape index (κ2) is 8.93. The number of anilines is 2. The summed E-state index contributed by atoms with van der Waals surface area (Å²) in [7, 11) is 0. The number of halogens is 2. The van der Waals surface area contributed by atoms with Crippen molar-refractivity contribution in [2.45, 2.75) is 25.9 Å². The second-order valence-electron chi connectivity index (χ2n) is 7.12. The third-order valence-electron chi connectivity index (χ3n) is 4.53. The molecular formula is C21H23Cl2N3O3. The molecule has 2 amide bonds. The zero-order chi connectivity index (χ0) is 21.0. The highest BCUT2D eigenvalue weighted by Gasteiger charge is 2.42. The number of nitrogens with one attached hydrogen (secondary N) is 2. The molecule has 0 aliphatic carbocycles. The molecule has 1 aliphatic heterocycles. The zero-order valence-electron chi connectivity index (χ0n) is 16.3. The molecule has 2 N–H and O–H groups in total. The molecule has 2 aromatic carbocycles. The Morgan fingerprint density at radius 3 is 2.55 bits per heavy atom. The molecule has 1 unspecified atom stereocenters. The summed E-state index contributed by atoms with van der Waals surface area (Å²) in [6.07, 6.45) is 0.826. The van der Waals surface area contributed by atoms with Crippen LogP contribution >= 0.6 is 23.2 Å². The monoisotopic (exact) mass is 435 g/mol. The van der Waals surface area contributed by atoms with Crippen LogP contribution in [0.2, 0.25) is 10.0 Å². The number of carbonyl (C=O) groups is 2. The van der Waals surface area contributed by atoms with Crippen LogP contribution in [0.5, 0.6) is 5.75 Å². The van der Waals surface area contributed by atoms with Crippen LogP contribution in [0.4, 0.5) is 11.4 Å². The first kappa shape index (κ1) is 21.3. The molecule has 3 rings (SSSR count). The molecular weight excluding hydrogens is 413 g/mol. The van der Waals surface area contributed by atoms with Crippen molar-refractivity contribution in [2.75, 3.05) is 29.9 Å².